The summed E-state index contributed by atoms with van der Waals surface area (Å²) in [6, 6.07) is 3.29. The smallest absolute Gasteiger partial charge is 0.237 e. The molecule has 0 aliphatic rings. The van der Waals surface area contributed by atoms with Crippen molar-refractivity contribution >= 4 is 5.91 Å². The molecule has 0 spiro atoms. The molecule has 0 aliphatic heterocycles. The van der Waals surface area contributed by atoms with Crippen LogP contribution >= 0.6 is 0 Å². The van der Waals surface area contributed by atoms with E-state index in [1.165, 1.54) is 0 Å². The lowest BCUT2D eigenvalue weighted by atomic mass is 10.0. The van der Waals surface area contributed by atoms with Gasteiger partial charge in [-0.2, -0.15) is 0 Å². The summed E-state index contributed by atoms with van der Waals surface area (Å²) >= 11 is 0. The molecule has 4 heteroatoms. The molecule has 1 amide bonds. The van der Waals surface area contributed by atoms with Gasteiger partial charge in [0.15, 0.2) is 0 Å². The van der Waals surface area contributed by atoms with Gasteiger partial charge in [-0.25, -0.2) is 0 Å². The van der Waals surface area contributed by atoms with Gasteiger partial charge in [0.2, 0.25) is 5.91 Å². The zero-order valence-electron chi connectivity index (χ0n) is 10.1. The minimum absolute atomic E-state index is 0.122. The van der Waals surface area contributed by atoms with E-state index >= 15 is 0 Å². The zero-order chi connectivity index (χ0) is 12.1. The molecule has 0 aromatic carbocycles. The maximum Gasteiger partial charge on any atom is 0.237 e. The summed E-state index contributed by atoms with van der Waals surface area (Å²) < 4.78 is 5.34. The minimum Gasteiger partial charge on any atom is -0.465 e. The van der Waals surface area contributed by atoms with Crippen LogP contribution in [0.3, 0.4) is 0 Å². The summed E-state index contributed by atoms with van der Waals surface area (Å²) in [5, 5.41) is 2.76. The normalized spacial score (nSPS) is 12.8. The topological polar surface area (TPSA) is 68.3 Å². The van der Waals surface area contributed by atoms with Gasteiger partial charge in [0.25, 0.3) is 0 Å². The lowest BCUT2D eigenvalue weighted by Crippen LogP contribution is -2.40. The fourth-order valence-electron chi connectivity index (χ4n) is 1.50. The first-order chi connectivity index (χ1) is 7.49. The second kappa shape index (κ2) is 5.70. The van der Waals surface area contributed by atoms with E-state index in [1.54, 1.807) is 0 Å². The van der Waals surface area contributed by atoms with Crippen molar-refractivity contribution in [3.05, 3.63) is 23.7 Å². The van der Waals surface area contributed by atoms with E-state index in [-0.39, 0.29) is 5.91 Å². The molecule has 0 radical (unpaired) electrons. The van der Waals surface area contributed by atoms with Crippen LogP contribution in [0.25, 0.3) is 0 Å². The lowest BCUT2D eigenvalue weighted by molar-refractivity contribution is -0.122. The fourth-order valence-corrected chi connectivity index (χ4v) is 1.50. The molecule has 0 fully saturated rings. The third kappa shape index (κ3) is 4.06. The predicted molar refractivity (Wildman–Crippen MR) is 62.7 cm³/mol. The second-order valence-corrected chi connectivity index (χ2v) is 4.47. The highest BCUT2D eigenvalue weighted by Gasteiger charge is 2.14. The second-order valence-electron chi connectivity index (χ2n) is 4.47. The fraction of sp³-hybridized carbons (Fsp3) is 0.583. The van der Waals surface area contributed by atoms with Crippen molar-refractivity contribution < 1.29 is 9.21 Å². The number of aryl methyl sites for hydroxylation is 1. The Labute approximate surface area is 96.2 Å². The molecule has 1 aromatic heterocycles. The van der Waals surface area contributed by atoms with Gasteiger partial charge in [-0.1, -0.05) is 13.8 Å². The van der Waals surface area contributed by atoms with Gasteiger partial charge in [-0.3, -0.25) is 4.79 Å². The molecule has 1 aromatic rings. The zero-order valence-corrected chi connectivity index (χ0v) is 10.1. The summed E-state index contributed by atoms with van der Waals surface area (Å²) in [5.74, 6) is 1.90. The Kier molecular flexibility index (Phi) is 4.55. The predicted octanol–water partition coefficient (Wildman–Crippen LogP) is 1.58. The van der Waals surface area contributed by atoms with E-state index in [2.05, 4.69) is 5.32 Å². The highest BCUT2D eigenvalue weighted by Crippen LogP contribution is 2.06. The van der Waals surface area contributed by atoms with Gasteiger partial charge in [0, 0.05) is 0 Å². The first-order valence-corrected chi connectivity index (χ1v) is 5.57. The quantitative estimate of drug-likeness (QED) is 0.797. The number of furan rings is 1. The summed E-state index contributed by atoms with van der Waals surface area (Å²) in [7, 11) is 0. The lowest BCUT2D eigenvalue weighted by Gasteiger charge is -2.13. The number of carbonyl (C=O) groups is 1. The molecular weight excluding hydrogens is 204 g/mol. The van der Waals surface area contributed by atoms with Crippen molar-refractivity contribution in [3.63, 3.8) is 0 Å². The molecule has 0 unspecified atom stereocenters. The van der Waals surface area contributed by atoms with Crippen molar-refractivity contribution in [2.24, 2.45) is 11.7 Å². The molecule has 0 saturated heterocycles. The molecule has 4 nitrogen and oxygen atoms in total. The van der Waals surface area contributed by atoms with Gasteiger partial charge >= 0.3 is 0 Å². The maximum atomic E-state index is 11.6. The van der Waals surface area contributed by atoms with Crippen molar-refractivity contribution in [3.8, 4) is 0 Å². The molecule has 3 N–H and O–H groups in total. The van der Waals surface area contributed by atoms with Crippen molar-refractivity contribution in [1.82, 2.24) is 5.32 Å². The molecule has 0 saturated carbocycles. The average Bonchev–Trinajstić information content (AvgIpc) is 2.59. The molecule has 0 aliphatic carbocycles. The van der Waals surface area contributed by atoms with Crippen LogP contribution in [-0.2, 0) is 11.3 Å². The number of nitrogens with two attached hydrogens (primary N) is 1. The molecule has 0 bridgehead atoms. The molecule has 1 heterocycles. The van der Waals surface area contributed by atoms with Gasteiger partial charge in [0.05, 0.1) is 12.6 Å². The van der Waals surface area contributed by atoms with Crippen molar-refractivity contribution in [1.29, 1.82) is 0 Å². The molecule has 90 valence electrons. The standard InChI is InChI=1S/C12H20N2O2/c1-8(2)6-11(13)12(15)14-7-10-5-4-9(3)16-10/h4-5,8,11H,6-7,13H2,1-3H3,(H,14,15)/t11-/m0/s1. The van der Waals surface area contributed by atoms with E-state index in [1.807, 2.05) is 32.9 Å². The summed E-state index contributed by atoms with van der Waals surface area (Å²) in [6.07, 6.45) is 0.697. The summed E-state index contributed by atoms with van der Waals surface area (Å²) in [5.41, 5.74) is 5.74. The number of nitrogens with one attached hydrogen (secondary N) is 1. The van der Waals surface area contributed by atoms with Gasteiger partial charge in [0.1, 0.15) is 11.5 Å². The van der Waals surface area contributed by atoms with Crippen LogP contribution < -0.4 is 11.1 Å². The van der Waals surface area contributed by atoms with E-state index in [9.17, 15) is 4.79 Å². The van der Waals surface area contributed by atoms with Gasteiger partial charge in [-0.05, 0) is 31.4 Å². The Morgan fingerprint density at radius 1 is 1.50 bits per heavy atom. The third-order valence-corrected chi connectivity index (χ3v) is 2.29. The van der Waals surface area contributed by atoms with Crippen molar-refractivity contribution in [2.45, 2.75) is 39.8 Å². The Balaban J connectivity index is 2.35. The Morgan fingerprint density at radius 3 is 2.69 bits per heavy atom. The van der Waals surface area contributed by atoms with Crippen LogP contribution in [0.2, 0.25) is 0 Å². The minimum atomic E-state index is -0.434. The van der Waals surface area contributed by atoms with Gasteiger partial charge < -0.3 is 15.5 Å². The van der Waals surface area contributed by atoms with E-state index in [0.717, 1.165) is 11.5 Å². The number of hydrogen-bond donors (Lipinski definition) is 2. The third-order valence-electron chi connectivity index (χ3n) is 2.29. The number of hydrogen-bond acceptors (Lipinski definition) is 3. The summed E-state index contributed by atoms with van der Waals surface area (Å²) in [4.78, 5) is 11.6. The highest BCUT2D eigenvalue weighted by atomic mass is 16.3. The monoisotopic (exact) mass is 224 g/mol. The van der Waals surface area contributed by atoms with Crippen LogP contribution in [0.1, 0.15) is 31.8 Å². The van der Waals surface area contributed by atoms with Crippen LogP contribution in [0.15, 0.2) is 16.5 Å². The van der Waals surface area contributed by atoms with Gasteiger partial charge in [-0.15, -0.1) is 0 Å². The largest absolute Gasteiger partial charge is 0.465 e. The SMILES string of the molecule is Cc1ccc(CNC(=O)[C@@H](N)CC(C)C)o1. The molecule has 1 rings (SSSR count). The van der Waals surface area contributed by atoms with Crippen LogP contribution in [0, 0.1) is 12.8 Å². The van der Waals surface area contributed by atoms with Crippen LogP contribution in [-0.4, -0.2) is 11.9 Å². The number of rotatable bonds is 5. The van der Waals surface area contributed by atoms with E-state index in [4.69, 9.17) is 10.2 Å². The maximum absolute atomic E-state index is 11.6. The van der Waals surface area contributed by atoms with E-state index in [0.29, 0.717) is 18.9 Å². The van der Waals surface area contributed by atoms with Crippen LogP contribution in [0.4, 0.5) is 0 Å². The number of amides is 1. The summed E-state index contributed by atoms with van der Waals surface area (Å²) in [6.45, 7) is 6.36. The van der Waals surface area contributed by atoms with Crippen LogP contribution in [0.5, 0.6) is 0 Å². The Morgan fingerprint density at radius 2 is 2.19 bits per heavy atom. The first kappa shape index (κ1) is 12.8. The average molecular weight is 224 g/mol. The Bertz CT molecular complexity index is 345. The Hall–Kier alpha value is -1.29. The molecular formula is C12H20N2O2. The number of carbonyl (C=O) groups excluding carboxylic acids is 1. The first-order valence-electron chi connectivity index (χ1n) is 5.57. The van der Waals surface area contributed by atoms with E-state index < -0.39 is 6.04 Å². The van der Waals surface area contributed by atoms with Crippen molar-refractivity contribution in [2.75, 3.05) is 0 Å². The highest BCUT2D eigenvalue weighted by molar-refractivity contribution is 5.81. The molecule has 1 atom stereocenters. The molecule has 16 heavy (non-hydrogen) atoms.